The number of rotatable bonds is 3. The topological polar surface area (TPSA) is 54.2 Å². The van der Waals surface area contributed by atoms with Crippen LogP contribution in [0, 0.1) is 5.82 Å². The number of benzene rings is 1. The van der Waals surface area contributed by atoms with Gasteiger partial charge in [-0.15, -0.1) is 5.10 Å². The molecule has 0 amide bonds. The Morgan fingerprint density at radius 3 is 3.04 bits per heavy atom. The van der Waals surface area contributed by atoms with Gasteiger partial charge in [0.05, 0.1) is 5.56 Å². The quantitative estimate of drug-likeness (QED) is 0.746. The lowest BCUT2D eigenvalue weighted by molar-refractivity contribution is 0.629. The number of halogens is 2. The van der Waals surface area contributed by atoms with Gasteiger partial charge in [0, 0.05) is 29.7 Å². The molecule has 0 atom stereocenters. The lowest BCUT2D eigenvalue weighted by atomic mass is 10.2. The summed E-state index contributed by atoms with van der Waals surface area (Å²) in [6.45, 7) is 2.73. The second-order valence-corrected chi connectivity index (χ2v) is 6.16. The van der Waals surface area contributed by atoms with Crippen molar-refractivity contribution in [1.29, 1.82) is 0 Å². The highest BCUT2D eigenvalue weighted by molar-refractivity contribution is 6.30. The van der Waals surface area contributed by atoms with Gasteiger partial charge in [-0.25, -0.2) is 13.9 Å². The minimum atomic E-state index is -0.418. The molecule has 0 saturated heterocycles. The van der Waals surface area contributed by atoms with Crippen LogP contribution < -0.4 is 10.6 Å². The summed E-state index contributed by atoms with van der Waals surface area (Å²) in [5.41, 5.74) is 3.08. The van der Waals surface area contributed by atoms with Crippen LogP contribution >= 0.6 is 11.6 Å². The van der Waals surface area contributed by atoms with Gasteiger partial charge in [-0.2, -0.15) is 0 Å². The smallest absolute Gasteiger partial charge is 0.185 e. The van der Waals surface area contributed by atoms with E-state index in [1.807, 2.05) is 31.3 Å². The first-order chi connectivity index (χ1) is 12.1. The van der Waals surface area contributed by atoms with Gasteiger partial charge in [-0.1, -0.05) is 11.6 Å². The van der Waals surface area contributed by atoms with Gasteiger partial charge in [-0.3, -0.25) is 0 Å². The number of hydrogen-bond donors (Lipinski definition) is 2. The van der Waals surface area contributed by atoms with E-state index in [-0.39, 0.29) is 11.4 Å². The highest BCUT2D eigenvalue weighted by atomic mass is 35.5. The standard InChI is InChI=1S/C18H15ClFN5/c1-11-10-21-7-6-15(11)22-18-16-3-2-8-25(16)24-17(23-18)13-9-12(19)4-5-14(13)20/h2-6,8-10,21H,7H2,1H3,(H,22,23,24). The second kappa shape index (κ2) is 6.22. The maximum absolute atomic E-state index is 14.2. The molecule has 0 aliphatic carbocycles. The largest absolute Gasteiger partial charge is 0.387 e. The number of anilines is 1. The molecule has 1 aliphatic rings. The molecule has 25 heavy (non-hydrogen) atoms. The lowest BCUT2D eigenvalue weighted by Gasteiger charge is -2.17. The molecule has 4 rings (SSSR count). The Bertz CT molecular complexity index is 1020. The maximum atomic E-state index is 14.2. The Hall–Kier alpha value is -2.86. The molecular weight excluding hydrogens is 341 g/mol. The highest BCUT2D eigenvalue weighted by Gasteiger charge is 2.15. The Balaban J connectivity index is 1.84. The molecule has 126 valence electrons. The Morgan fingerprint density at radius 1 is 1.32 bits per heavy atom. The predicted molar refractivity (Wildman–Crippen MR) is 96.9 cm³/mol. The van der Waals surface area contributed by atoms with Crippen LogP contribution in [0.4, 0.5) is 10.2 Å². The molecule has 1 aromatic carbocycles. The zero-order valence-electron chi connectivity index (χ0n) is 13.4. The number of allylic oxidation sites excluding steroid dienone is 1. The third-order valence-corrected chi connectivity index (χ3v) is 4.22. The van der Waals surface area contributed by atoms with E-state index < -0.39 is 5.82 Å². The van der Waals surface area contributed by atoms with E-state index in [1.54, 1.807) is 10.7 Å². The Morgan fingerprint density at radius 2 is 2.20 bits per heavy atom. The number of fused-ring (bicyclic) bond motifs is 1. The van der Waals surface area contributed by atoms with Crippen molar-refractivity contribution in [1.82, 2.24) is 19.9 Å². The molecule has 3 aromatic rings. The highest BCUT2D eigenvalue weighted by Crippen LogP contribution is 2.27. The predicted octanol–water partition coefficient (Wildman–Crippen LogP) is 3.99. The molecule has 2 N–H and O–H groups in total. The van der Waals surface area contributed by atoms with E-state index in [1.165, 1.54) is 18.2 Å². The van der Waals surface area contributed by atoms with Crippen molar-refractivity contribution in [3.63, 3.8) is 0 Å². The molecule has 0 unspecified atom stereocenters. The first-order valence-corrected chi connectivity index (χ1v) is 8.18. The molecule has 0 bridgehead atoms. The van der Waals surface area contributed by atoms with Crippen LogP contribution in [0.3, 0.4) is 0 Å². The molecule has 0 radical (unpaired) electrons. The summed E-state index contributed by atoms with van der Waals surface area (Å²) in [6, 6.07) is 8.12. The molecule has 7 heteroatoms. The summed E-state index contributed by atoms with van der Waals surface area (Å²) in [5.74, 6) is 0.455. The Kier molecular flexibility index (Phi) is 3.89. The third-order valence-electron chi connectivity index (χ3n) is 3.98. The van der Waals surface area contributed by atoms with Crippen molar-refractivity contribution < 1.29 is 4.39 Å². The van der Waals surface area contributed by atoms with Crippen LogP contribution in [-0.2, 0) is 0 Å². The minimum absolute atomic E-state index is 0.262. The van der Waals surface area contributed by atoms with Crippen molar-refractivity contribution in [3.8, 4) is 11.4 Å². The summed E-state index contributed by atoms with van der Waals surface area (Å²) in [4.78, 5) is 4.54. The average molecular weight is 356 g/mol. The summed E-state index contributed by atoms with van der Waals surface area (Å²) in [6.07, 6.45) is 5.78. The van der Waals surface area contributed by atoms with Crippen molar-refractivity contribution >= 4 is 22.9 Å². The van der Waals surface area contributed by atoms with Crippen LogP contribution in [0.15, 0.2) is 60.1 Å². The zero-order valence-corrected chi connectivity index (χ0v) is 14.2. The normalized spacial score (nSPS) is 14.0. The van der Waals surface area contributed by atoms with Gasteiger partial charge in [0.2, 0.25) is 0 Å². The lowest BCUT2D eigenvalue weighted by Crippen LogP contribution is -2.16. The van der Waals surface area contributed by atoms with Crippen LogP contribution in [0.2, 0.25) is 5.02 Å². The summed E-state index contributed by atoms with van der Waals surface area (Å²) >= 11 is 6.01. The number of nitrogens with one attached hydrogen (secondary N) is 2. The zero-order chi connectivity index (χ0) is 17.4. The minimum Gasteiger partial charge on any atom is -0.387 e. The average Bonchev–Trinajstić information content (AvgIpc) is 3.08. The van der Waals surface area contributed by atoms with Crippen molar-refractivity contribution in [2.45, 2.75) is 6.92 Å². The monoisotopic (exact) mass is 355 g/mol. The molecular formula is C18H15ClFN5. The summed E-state index contributed by atoms with van der Waals surface area (Å²) in [5, 5.41) is 11.3. The molecule has 5 nitrogen and oxygen atoms in total. The first kappa shape index (κ1) is 15.7. The Labute approximate surface area is 148 Å². The van der Waals surface area contributed by atoms with Gasteiger partial charge in [0.1, 0.15) is 11.3 Å². The molecule has 2 aromatic heterocycles. The fourth-order valence-corrected chi connectivity index (χ4v) is 2.87. The van der Waals surface area contributed by atoms with Crippen LogP contribution in [-0.4, -0.2) is 21.1 Å². The van der Waals surface area contributed by atoms with E-state index in [9.17, 15) is 4.39 Å². The SMILES string of the molecule is CC1=CNCC=C1Nc1nc(-c2cc(Cl)ccc2F)nn2cccc12. The van der Waals surface area contributed by atoms with E-state index >= 15 is 0 Å². The number of hydrogen-bond acceptors (Lipinski definition) is 4. The van der Waals surface area contributed by atoms with Crippen LogP contribution in [0.5, 0.6) is 0 Å². The third kappa shape index (κ3) is 2.96. The fourth-order valence-electron chi connectivity index (χ4n) is 2.70. The van der Waals surface area contributed by atoms with Crippen LogP contribution in [0.1, 0.15) is 6.92 Å². The van der Waals surface area contributed by atoms with Crippen LogP contribution in [0.25, 0.3) is 16.9 Å². The van der Waals surface area contributed by atoms with Gasteiger partial charge < -0.3 is 10.6 Å². The van der Waals surface area contributed by atoms with E-state index in [0.29, 0.717) is 10.8 Å². The van der Waals surface area contributed by atoms with Crippen molar-refractivity contribution in [2.24, 2.45) is 0 Å². The molecule has 0 fully saturated rings. The molecule has 1 aliphatic heterocycles. The van der Waals surface area contributed by atoms with E-state index in [0.717, 1.165) is 23.3 Å². The molecule has 3 heterocycles. The first-order valence-electron chi connectivity index (χ1n) is 7.80. The maximum Gasteiger partial charge on any atom is 0.185 e. The molecule has 0 spiro atoms. The van der Waals surface area contributed by atoms with Crippen molar-refractivity contribution in [3.05, 3.63) is 70.9 Å². The van der Waals surface area contributed by atoms with Gasteiger partial charge in [-0.05, 0) is 48.9 Å². The summed E-state index contributed by atoms with van der Waals surface area (Å²) in [7, 11) is 0. The molecule has 0 saturated carbocycles. The van der Waals surface area contributed by atoms with Gasteiger partial charge >= 0.3 is 0 Å². The van der Waals surface area contributed by atoms with E-state index in [2.05, 4.69) is 20.7 Å². The summed E-state index contributed by atoms with van der Waals surface area (Å²) < 4.78 is 15.9. The fraction of sp³-hybridized carbons (Fsp3) is 0.111. The van der Waals surface area contributed by atoms with E-state index in [4.69, 9.17) is 11.6 Å². The number of aromatic nitrogens is 3. The van der Waals surface area contributed by atoms with Gasteiger partial charge in [0.15, 0.2) is 11.6 Å². The second-order valence-electron chi connectivity index (χ2n) is 5.72. The number of dihydropyridines is 1. The van der Waals surface area contributed by atoms with Gasteiger partial charge in [0.25, 0.3) is 0 Å². The van der Waals surface area contributed by atoms with Crippen molar-refractivity contribution in [2.75, 3.05) is 11.9 Å². The number of nitrogens with zero attached hydrogens (tertiary/aromatic N) is 3.